The summed E-state index contributed by atoms with van der Waals surface area (Å²) in [5.74, 6) is 0.0690. The molecule has 1 aliphatic rings. The summed E-state index contributed by atoms with van der Waals surface area (Å²) in [6.45, 7) is 2.81. The molecule has 1 aliphatic heterocycles. The molecule has 0 bridgehead atoms. The van der Waals surface area contributed by atoms with Gasteiger partial charge in [-0.05, 0) is 72.3 Å². The lowest BCUT2D eigenvalue weighted by Crippen LogP contribution is -2.23. The zero-order valence-electron chi connectivity index (χ0n) is 19.3. The van der Waals surface area contributed by atoms with Gasteiger partial charge in [0.1, 0.15) is 6.61 Å². The Morgan fingerprint density at radius 1 is 1.03 bits per heavy atom. The van der Waals surface area contributed by atoms with Crippen LogP contribution in [0.25, 0.3) is 6.08 Å². The first kappa shape index (κ1) is 24.1. The van der Waals surface area contributed by atoms with Crippen molar-refractivity contribution in [3.05, 3.63) is 94.4 Å². The number of carboxylic acids is 1. The Hall–Kier alpha value is -4.04. The molecule has 1 N–H and O–H groups in total. The average molecular weight is 489 g/mol. The Labute approximate surface area is 207 Å². The fourth-order valence-corrected chi connectivity index (χ4v) is 4.32. The number of aliphatic imine (C=N–C) groups is 1. The first-order valence-corrected chi connectivity index (χ1v) is 11.8. The Bertz CT molecular complexity index is 1290. The number of hydrogen-bond donors (Lipinski definition) is 1. The third-order valence-corrected chi connectivity index (χ3v) is 6.21. The lowest BCUT2D eigenvalue weighted by Gasteiger charge is -2.13. The van der Waals surface area contributed by atoms with Gasteiger partial charge in [-0.15, -0.1) is 0 Å². The first-order chi connectivity index (χ1) is 16.9. The predicted molar refractivity (Wildman–Crippen MR) is 137 cm³/mol. The molecule has 4 rings (SSSR count). The molecule has 0 aromatic heterocycles. The second kappa shape index (κ2) is 10.9. The molecule has 3 aromatic rings. The zero-order chi connectivity index (χ0) is 24.8. The molecular weight excluding hydrogens is 464 g/mol. The molecule has 0 radical (unpaired) electrons. The van der Waals surface area contributed by atoms with Crippen molar-refractivity contribution >= 4 is 40.6 Å². The third-order valence-electron chi connectivity index (χ3n) is 5.15. The Morgan fingerprint density at radius 2 is 1.77 bits per heavy atom. The van der Waals surface area contributed by atoms with Crippen LogP contribution < -0.4 is 9.47 Å². The van der Waals surface area contributed by atoms with Gasteiger partial charge in [0.05, 0.1) is 22.8 Å². The molecule has 0 aliphatic carbocycles. The Kier molecular flexibility index (Phi) is 7.52. The van der Waals surface area contributed by atoms with E-state index >= 15 is 0 Å². The number of thioether (sulfide) groups is 1. The van der Waals surface area contributed by atoms with Crippen LogP contribution in [0.3, 0.4) is 0 Å². The molecule has 0 saturated carbocycles. The number of likely N-dealkylation sites (N-methyl/N-ethyl adjacent to an activating group) is 1. The van der Waals surface area contributed by atoms with Crippen molar-refractivity contribution in [2.75, 3.05) is 13.7 Å². The van der Waals surface area contributed by atoms with Gasteiger partial charge < -0.3 is 14.6 Å². The van der Waals surface area contributed by atoms with Crippen LogP contribution in [0.1, 0.15) is 28.4 Å². The van der Waals surface area contributed by atoms with Gasteiger partial charge >= 0.3 is 5.97 Å². The van der Waals surface area contributed by atoms with Crippen molar-refractivity contribution < 1.29 is 24.2 Å². The minimum Gasteiger partial charge on any atom is -0.490 e. The first-order valence-electron chi connectivity index (χ1n) is 11.0. The maximum absolute atomic E-state index is 12.8. The van der Waals surface area contributed by atoms with Gasteiger partial charge in [0, 0.05) is 7.05 Å². The molecular formula is C27H24N2O5S. The highest BCUT2D eigenvalue weighted by molar-refractivity contribution is 8.18. The number of carboxylic acid groups (broad SMARTS) is 1. The number of carbonyl (C=O) groups is 2. The van der Waals surface area contributed by atoms with Crippen LogP contribution in [-0.4, -0.2) is 40.7 Å². The van der Waals surface area contributed by atoms with E-state index in [2.05, 4.69) is 4.99 Å². The van der Waals surface area contributed by atoms with Gasteiger partial charge in [0.25, 0.3) is 5.91 Å². The highest BCUT2D eigenvalue weighted by atomic mass is 32.2. The Balaban J connectivity index is 1.53. The smallest absolute Gasteiger partial charge is 0.335 e. The third kappa shape index (κ3) is 5.91. The Morgan fingerprint density at radius 3 is 2.46 bits per heavy atom. The van der Waals surface area contributed by atoms with Crippen LogP contribution in [0.5, 0.6) is 11.5 Å². The summed E-state index contributed by atoms with van der Waals surface area (Å²) in [6, 6.07) is 21.6. The van der Waals surface area contributed by atoms with Crippen molar-refractivity contribution in [1.82, 2.24) is 4.90 Å². The molecule has 1 saturated heterocycles. The number of rotatable bonds is 8. The van der Waals surface area contributed by atoms with Gasteiger partial charge in [-0.25, -0.2) is 9.79 Å². The molecule has 1 fully saturated rings. The summed E-state index contributed by atoms with van der Waals surface area (Å²) in [4.78, 5) is 30.4. The summed E-state index contributed by atoms with van der Waals surface area (Å²) >= 11 is 1.26. The second-order valence-electron chi connectivity index (χ2n) is 7.63. The highest BCUT2D eigenvalue weighted by Gasteiger charge is 2.30. The normalized spacial score (nSPS) is 15.6. The van der Waals surface area contributed by atoms with Crippen molar-refractivity contribution in [1.29, 1.82) is 0 Å². The fraction of sp³-hybridized carbons (Fsp3) is 0.148. The molecule has 0 spiro atoms. The van der Waals surface area contributed by atoms with Crippen LogP contribution in [-0.2, 0) is 11.4 Å². The van der Waals surface area contributed by atoms with Crippen LogP contribution in [0.4, 0.5) is 5.69 Å². The standard InChI is InChI=1S/C27H24N2O5S/c1-3-33-23-15-19(9-14-22(23)34-17-18-7-5-4-6-8-18)16-24-25(30)29(2)27(35-24)28-21-12-10-20(11-13-21)26(31)32/h4-16H,3,17H2,1-2H3,(H,31,32)/b24-16-,28-27?. The number of aromatic carboxylic acids is 1. The molecule has 8 heteroatoms. The van der Waals surface area contributed by atoms with Crippen molar-refractivity contribution in [3.63, 3.8) is 0 Å². The SMILES string of the molecule is CCOc1cc(/C=C2\SC(=Nc3ccc(C(=O)O)cc3)N(C)C2=O)ccc1OCc1ccccc1. The summed E-state index contributed by atoms with van der Waals surface area (Å²) < 4.78 is 11.7. The number of nitrogens with zero attached hydrogens (tertiary/aromatic N) is 2. The number of amides is 1. The van der Waals surface area contributed by atoms with Gasteiger partial charge in [0.2, 0.25) is 0 Å². The number of hydrogen-bond acceptors (Lipinski definition) is 6. The largest absolute Gasteiger partial charge is 0.490 e. The van der Waals surface area contributed by atoms with E-state index < -0.39 is 5.97 Å². The molecule has 35 heavy (non-hydrogen) atoms. The van der Waals surface area contributed by atoms with E-state index in [4.69, 9.17) is 14.6 Å². The molecule has 1 amide bonds. The van der Waals surface area contributed by atoms with E-state index in [9.17, 15) is 9.59 Å². The average Bonchev–Trinajstić information content (AvgIpc) is 3.12. The zero-order valence-corrected chi connectivity index (χ0v) is 20.1. The maximum Gasteiger partial charge on any atom is 0.335 e. The summed E-state index contributed by atoms with van der Waals surface area (Å²) in [5, 5.41) is 9.56. The quantitative estimate of drug-likeness (QED) is 0.416. The second-order valence-corrected chi connectivity index (χ2v) is 8.64. The van der Waals surface area contributed by atoms with Crippen molar-refractivity contribution in [3.8, 4) is 11.5 Å². The van der Waals surface area contributed by atoms with E-state index in [-0.39, 0.29) is 11.5 Å². The number of ether oxygens (including phenoxy) is 2. The minimum atomic E-state index is -1.00. The van der Waals surface area contributed by atoms with E-state index in [1.54, 1.807) is 25.3 Å². The maximum atomic E-state index is 12.8. The van der Waals surface area contributed by atoms with Crippen LogP contribution >= 0.6 is 11.8 Å². The fourth-order valence-electron chi connectivity index (χ4n) is 3.33. The van der Waals surface area contributed by atoms with E-state index in [0.29, 0.717) is 40.5 Å². The van der Waals surface area contributed by atoms with Crippen LogP contribution in [0, 0.1) is 0 Å². The predicted octanol–water partition coefficient (Wildman–Crippen LogP) is 5.60. The van der Waals surface area contributed by atoms with Gasteiger partial charge in [-0.1, -0.05) is 36.4 Å². The highest BCUT2D eigenvalue weighted by Crippen LogP contribution is 2.35. The van der Waals surface area contributed by atoms with Gasteiger partial charge in [0.15, 0.2) is 16.7 Å². The molecule has 0 atom stereocenters. The van der Waals surface area contributed by atoms with E-state index in [1.807, 2.05) is 55.5 Å². The minimum absolute atomic E-state index is 0.168. The van der Waals surface area contributed by atoms with Crippen LogP contribution in [0.15, 0.2) is 82.7 Å². The monoisotopic (exact) mass is 488 g/mol. The summed E-state index contributed by atoms with van der Waals surface area (Å²) in [6.07, 6.45) is 1.79. The molecule has 0 unspecified atom stereocenters. The topological polar surface area (TPSA) is 88.4 Å². The number of carbonyl (C=O) groups excluding carboxylic acids is 1. The van der Waals surface area contributed by atoms with Gasteiger partial charge in [-0.2, -0.15) is 0 Å². The lowest BCUT2D eigenvalue weighted by atomic mass is 10.1. The van der Waals surface area contributed by atoms with Crippen molar-refractivity contribution in [2.45, 2.75) is 13.5 Å². The lowest BCUT2D eigenvalue weighted by molar-refractivity contribution is -0.121. The van der Waals surface area contributed by atoms with E-state index in [0.717, 1.165) is 11.1 Å². The number of benzene rings is 3. The number of amidine groups is 1. The van der Waals surface area contributed by atoms with Crippen molar-refractivity contribution in [2.24, 2.45) is 4.99 Å². The summed E-state index contributed by atoms with van der Waals surface area (Å²) in [5.41, 5.74) is 2.61. The molecule has 3 aromatic carbocycles. The summed E-state index contributed by atoms with van der Waals surface area (Å²) in [7, 11) is 1.66. The molecule has 1 heterocycles. The molecule has 7 nitrogen and oxygen atoms in total. The van der Waals surface area contributed by atoms with Crippen LogP contribution in [0.2, 0.25) is 0 Å². The molecule has 178 valence electrons. The van der Waals surface area contributed by atoms with Gasteiger partial charge in [-0.3, -0.25) is 9.69 Å². The van der Waals surface area contributed by atoms with E-state index in [1.165, 1.54) is 28.8 Å².